The number of amides is 2. The van der Waals surface area contributed by atoms with Gasteiger partial charge in [0.05, 0.1) is 23.6 Å². The Kier molecular flexibility index (Phi) is 13.8. The van der Waals surface area contributed by atoms with Gasteiger partial charge in [-0.3, -0.25) is 0 Å². The van der Waals surface area contributed by atoms with Gasteiger partial charge in [-0.1, -0.05) is 56.3 Å². The summed E-state index contributed by atoms with van der Waals surface area (Å²) in [5.74, 6) is 1.38. The average Bonchev–Trinajstić information content (AvgIpc) is 3.57. The zero-order valence-electron chi connectivity index (χ0n) is 30.7. The number of nitrogens with zero attached hydrogens (tertiary/aromatic N) is 1. The predicted molar refractivity (Wildman–Crippen MR) is 195 cm³/mol. The third-order valence-corrected chi connectivity index (χ3v) is 10.0. The topological polar surface area (TPSA) is 162 Å². The summed E-state index contributed by atoms with van der Waals surface area (Å²) in [7, 11) is -2.75. The molecule has 2 unspecified atom stereocenters. The summed E-state index contributed by atoms with van der Waals surface area (Å²) in [5.41, 5.74) is 0.377. The van der Waals surface area contributed by atoms with Crippen LogP contribution < -0.4 is 24.8 Å². The molecule has 0 saturated carbocycles. The SMILES string of the molecule is CNC(=O)OCCCC(C)(C)CN(CC(O)C(Cc1ccc(OCc2ccccc2)cc1)NC(=O)OC(C)(C)C)S(=O)(=O)c1ccc2c(c1)OCO2. The van der Waals surface area contributed by atoms with Crippen molar-refractivity contribution >= 4 is 22.2 Å². The van der Waals surface area contributed by atoms with Crippen molar-refractivity contribution < 1.29 is 46.8 Å². The van der Waals surface area contributed by atoms with Gasteiger partial charge in [-0.2, -0.15) is 4.31 Å². The molecule has 0 aromatic heterocycles. The van der Waals surface area contributed by atoms with Crippen LogP contribution in [-0.2, 0) is 32.5 Å². The minimum atomic E-state index is -4.22. The molecule has 2 amide bonds. The third-order valence-electron chi connectivity index (χ3n) is 8.21. The van der Waals surface area contributed by atoms with Gasteiger partial charge in [-0.25, -0.2) is 18.0 Å². The van der Waals surface area contributed by atoms with E-state index >= 15 is 0 Å². The smallest absolute Gasteiger partial charge is 0.407 e. The predicted octanol–water partition coefficient (Wildman–Crippen LogP) is 5.64. The molecule has 14 heteroatoms. The number of ether oxygens (including phenoxy) is 5. The Bertz CT molecular complexity index is 1730. The van der Waals surface area contributed by atoms with Crippen molar-refractivity contribution in [1.82, 2.24) is 14.9 Å². The Morgan fingerprint density at radius 3 is 2.29 bits per heavy atom. The number of nitrogens with one attached hydrogen (secondary N) is 2. The lowest BCUT2D eigenvalue weighted by Crippen LogP contribution is -2.52. The standard InChI is InChI=1S/C38H51N3O10S/c1-37(2,3)51-36(44)40-31(21-27-13-15-29(16-14-27)48-24-28-11-8-7-9-12-28)32(42)23-41(25-38(4,5)19-10-20-47-35(43)39-6)52(45,46)30-17-18-33-34(22-30)50-26-49-33/h7-9,11-18,22,31-32,42H,10,19-21,23-26H2,1-6H3,(H,39,43)(H,40,44). The highest BCUT2D eigenvalue weighted by molar-refractivity contribution is 7.89. The number of sulfonamides is 1. The summed E-state index contributed by atoms with van der Waals surface area (Å²) in [6.07, 6.45) is -1.51. The van der Waals surface area contributed by atoms with E-state index in [1.165, 1.54) is 29.6 Å². The second-order valence-corrected chi connectivity index (χ2v) is 16.3. The summed E-state index contributed by atoms with van der Waals surface area (Å²) in [6, 6.07) is 20.5. The van der Waals surface area contributed by atoms with Crippen molar-refractivity contribution in [1.29, 1.82) is 0 Å². The van der Waals surface area contributed by atoms with Crippen molar-refractivity contribution in [3.63, 3.8) is 0 Å². The first-order chi connectivity index (χ1) is 24.5. The Balaban J connectivity index is 1.57. The molecule has 0 aliphatic carbocycles. The van der Waals surface area contributed by atoms with Gasteiger partial charge in [0.15, 0.2) is 11.5 Å². The van der Waals surface area contributed by atoms with E-state index in [2.05, 4.69) is 10.6 Å². The van der Waals surface area contributed by atoms with Gasteiger partial charge in [0.25, 0.3) is 0 Å². The molecule has 0 fully saturated rings. The fraction of sp³-hybridized carbons (Fsp3) is 0.474. The van der Waals surface area contributed by atoms with Gasteiger partial charge in [0, 0.05) is 26.2 Å². The van der Waals surface area contributed by atoms with E-state index < -0.39 is 45.4 Å². The number of aliphatic hydroxyl groups excluding tert-OH is 1. The van der Waals surface area contributed by atoms with Crippen LogP contribution in [0.15, 0.2) is 77.7 Å². The molecular formula is C38H51N3O10S. The number of fused-ring (bicyclic) bond motifs is 1. The summed E-state index contributed by atoms with van der Waals surface area (Å²) in [6.45, 7) is 9.17. The van der Waals surface area contributed by atoms with Crippen LogP contribution >= 0.6 is 0 Å². The van der Waals surface area contributed by atoms with Gasteiger partial charge in [0.1, 0.15) is 18.0 Å². The second kappa shape index (κ2) is 17.8. The number of aliphatic hydroxyl groups is 1. The van der Waals surface area contributed by atoms with Crippen LogP contribution in [-0.4, -0.2) is 81.3 Å². The van der Waals surface area contributed by atoms with E-state index in [4.69, 9.17) is 23.7 Å². The Morgan fingerprint density at radius 2 is 1.62 bits per heavy atom. The van der Waals surface area contributed by atoms with Crippen molar-refractivity contribution in [3.8, 4) is 17.2 Å². The monoisotopic (exact) mass is 741 g/mol. The number of carbonyl (C=O) groups is 2. The summed E-state index contributed by atoms with van der Waals surface area (Å²) in [5, 5.41) is 17.0. The molecule has 284 valence electrons. The Morgan fingerprint density at radius 1 is 0.923 bits per heavy atom. The van der Waals surface area contributed by atoms with Gasteiger partial charge >= 0.3 is 12.2 Å². The number of benzene rings is 3. The van der Waals surface area contributed by atoms with Crippen LogP contribution in [0.2, 0.25) is 0 Å². The Hall–Kier alpha value is -4.53. The van der Waals surface area contributed by atoms with E-state index in [0.717, 1.165) is 11.1 Å². The quantitative estimate of drug-likeness (QED) is 0.148. The summed E-state index contributed by atoms with van der Waals surface area (Å²) in [4.78, 5) is 24.5. The first-order valence-electron chi connectivity index (χ1n) is 17.2. The van der Waals surface area contributed by atoms with Gasteiger partial charge < -0.3 is 39.4 Å². The lowest BCUT2D eigenvalue weighted by molar-refractivity contribution is 0.0391. The number of carbonyl (C=O) groups excluding carboxylic acids is 2. The van der Waals surface area contributed by atoms with E-state index in [9.17, 15) is 23.1 Å². The fourth-order valence-electron chi connectivity index (χ4n) is 5.57. The molecule has 4 rings (SSSR count). The highest BCUT2D eigenvalue weighted by Gasteiger charge is 2.36. The van der Waals surface area contributed by atoms with E-state index in [1.54, 1.807) is 20.8 Å². The van der Waals surface area contributed by atoms with Crippen LogP contribution in [0.25, 0.3) is 0 Å². The zero-order chi connectivity index (χ0) is 37.9. The lowest BCUT2D eigenvalue weighted by Gasteiger charge is -2.35. The van der Waals surface area contributed by atoms with Crippen LogP contribution in [0.4, 0.5) is 9.59 Å². The highest BCUT2D eigenvalue weighted by Crippen LogP contribution is 2.36. The minimum Gasteiger partial charge on any atom is -0.489 e. The maximum absolute atomic E-state index is 14.3. The van der Waals surface area contributed by atoms with Gasteiger partial charge in [0.2, 0.25) is 16.8 Å². The van der Waals surface area contributed by atoms with Gasteiger partial charge in [-0.05, 0) is 80.8 Å². The first-order valence-corrected chi connectivity index (χ1v) is 18.7. The van der Waals surface area contributed by atoms with Gasteiger partial charge in [-0.15, -0.1) is 0 Å². The number of alkyl carbamates (subject to hydrolysis) is 2. The molecule has 3 aromatic carbocycles. The largest absolute Gasteiger partial charge is 0.489 e. The number of hydrogen-bond donors (Lipinski definition) is 3. The van der Waals surface area contributed by atoms with Crippen LogP contribution in [0.1, 0.15) is 58.6 Å². The number of hydrogen-bond acceptors (Lipinski definition) is 10. The second-order valence-electron chi connectivity index (χ2n) is 14.4. The molecular weight excluding hydrogens is 690 g/mol. The van der Waals surface area contributed by atoms with E-state index in [-0.39, 0.29) is 37.8 Å². The normalized spacial score (nSPS) is 14.0. The molecule has 1 aliphatic heterocycles. The molecule has 52 heavy (non-hydrogen) atoms. The lowest BCUT2D eigenvalue weighted by atomic mass is 9.87. The number of rotatable bonds is 17. The maximum atomic E-state index is 14.3. The van der Waals surface area contributed by atoms with E-state index in [0.29, 0.717) is 36.7 Å². The first kappa shape index (κ1) is 40.2. The molecule has 0 spiro atoms. The Labute approximate surface area is 306 Å². The van der Waals surface area contributed by atoms with Crippen molar-refractivity contribution in [2.24, 2.45) is 5.41 Å². The van der Waals surface area contributed by atoms with Crippen molar-refractivity contribution in [3.05, 3.63) is 83.9 Å². The van der Waals surface area contributed by atoms with Crippen molar-refractivity contribution in [2.75, 3.05) is 33.5 Å². The molecule has 3 aromatic rings. The average molecular weight is 742 g/mol. The summed E-state index contributed by atoms with van der Waals surface area (Å²) >= 11 is 0. The van der Waals surface area contributed by atoms with Crippen LogP contribution in [0.5, 0.6) is 17.2 Å². The molecule has 1 aliphatic rings. The van der Waals surface area contributed by atoms with Crippen LogP contribution in [0.3, 0.4) is 0 Å². The molecule has 2 atom stereocenters. The maximum Gasteiger partial charge on any atom is 0.407 e. The van der Waals surface area contributed by atoms with Crippen LogP contribution in [0, 0.1) is 5.41 Å². The zero-order valence-corrected chi connectivity index (χ0v) is 31.5. The molecule has 3 N–H and O–H groups in total. The third kappa shape index (κ3) is 12.3. The van der Waals surface area contributed by atoms with E-state index in [1.807, 2.05) is 68.4 Å². The molecule has 0 saturated heterocycles. The molecule has 13 nitrogen and oxygen atoms in total. The fourth-order valence-corrected chi connectivity index (χ4v) is 7.24. The van der Waals surface area contributed by atoms with Crippen molar-refractivity contribution in [2.45, 2.75) is 83.1 Å². The highest BCUT2D eigenvalue weighted by atomic mass is 32.2. The molecule has 0 bridgehead atoms. The molecule has 1 heterocycles. The minimum absolute atomic E-state index is 0.00736. The summed E-state index contributed by atoms with van der Waals surface area (Å²) < 4.78 is 57.2. The molecule has 0 radical (unpaired) electrons.